The van der Waals surface area contributed by atoms with Gasteiger partial charge in [-0.2, -0.15) is 24.4 Å². The topological polar surface area (TPSA) is 357 Å². The Labute approximate surface area is 304 Å². The number of rotatable bonds is 25. The highest BCUT2D eigenvalue weighted by Crippen LogP contribution is 2.54. The summed E-state index contributed by atoms with van der Waals surface area (Å²) in [6.45, 7) is 1.44. The predicted octanol–water partition coefficient (Wildman–Crippen LogP) is -1.85. The second kappa shape index (κ2) is 20.5. The van der Waals surface area contributed by atoms with Crippen LogP contribution in [-0.4, -0.2) is 134 Å². The van der Waals surface area contributed by atoms with Gasteiger partial charge in [0.15, 0.2) is 23.1 Å². The van der Waals surface area contributed by atoms with Crippen LogP contribution in [-0.2, 0) is 43.1 Å². The van der Waals surface area contributed by atoms with Gasteiger partial charge in [0.2, 0.25) is 11.4 Å². The molecule has 0 aromatic rings. The number of Topliss-reactive ketones (excluding diaryl/α,β-unsaturated/α-hetero) is 4. The van der Waals surface area contributed by atoms with Crippen molar-refractivity contribution in [3.8, 4) is 0 Å². The van der Waals surface area contributed by atoms with Gasteiger partial charge >= 0.3 is 24.0 Å². The lowest BCUT2D eigenvalue weighted by atomic mass is 9.46. The maximum absolute atomic E-state index is 14.9. The first-order chi connectivity index (χ1) is 23.6. The molecule has 0 spiro atoms. The fourth-order valence-corrected chi connectivity index (χ4v) is 6.52. The lowest BCUT2D eigenvalue weighted by Gasteiger charge is -2.56. The summed E-state index contributed by atoms with van der Waals surface area (Å²) in [7, 11) is 0. The van der Waals surface area contributed by atoms with E-state index in [1.54, 1.807) is 13.2 Å². The molecule has 0 saturated heterocycles. The van der Waals surface area contributed by atoms with Crippen molar-refractivity contribution in [1.82, 2.24) is 4.90 Å². The van der Waals surface area contributed by atoms with E-state index in [2.05, 4.69) is 12.6 Å². The molecule has 0 heterocycles. The number of aliphatic carboxylic acids is 3. The van der Waals surface area contributed by atoms with E-state index in [0.29, 0.717) is 6.42 Å². The van der Waals surface area contributed by atoms with E-state index in [0.717, 1.165) is 13.8 Å². The average molecular weight is 767 g/mol. The highest BCUT2D eigenvalue weighted by Gasteiger charge is 2.80. The number of thiol groups is 1. The summed E-state index contributed by atoms with van der Waals surface area (Å²) in [5.41, 5.74) is 19.0. The monoisotopic (exact) mass is 766 g/mol. The molecule has 6 atom stereocenters. The van der Waals surface area contributed by atoms with E-state index >= 15 is 0 Å². The number of nitrogens with zero attached hydrogens (tertiary/aromatic N) is 1. The van der Waals surface area contributed by atoms with Crippen LogP contribution in [0.5, 0.6) is 0 Å². The van der Waals surface area contributed by atoms with Crippen LogP contribution >= 0.6 is 24.4 Å². The summed E-state index contributed by atoms with van der Waals surface area (Å²) in [6, 6.07) is -8.28. The van der Waals surface area contributed by atoms with Gasteiger partial charge in [-0.1, -0.05) is 27.2 Å². The number of hydrogen-bond donors (Lipinski definition) is 9. The molecule has 51 heavy (non-hydrogen) atoms. The molecule has 0 radical (unpaired) electrons. The zero-order chi connectivity index (χ0) is 40.1. The Morgan fingerprint density at radius 2 is 1.39 bits per heavy atom. The minimum atomic E-state index is -4.27. The fourth-order valence-electron chi connectivity index (χ4n) is 5.87. The number of carbonyl (C=O) groups excluding carboxylic acids is 6. The van der Waals surface area contributed by atoms with Gasteiger partial charge in [-0.25, -0.2) is 14.5 Å². The third-order valence-electron chi connectivity index (χ3n) is 8.42. The summed E-state index contributed by atoms with van der Waals surface area (Å²) in [5, 5.41) is 30.1. The maximum Gasteiger partial charge on any atom is 0.418 e. The highest BCUT2D eigenvalue weighted by atomic mass is 32.2. The van der Waals surface area contributed by atoms with Crippen molar-refractivity contribution in [2.45, 2.75) is 89.0 Å². The van der Waals surface area contributed by atoms with Crippen molar-refractivity contribution in [2.24, 2.45) is 39.5 Å². The Morgan fingerprint density at radius 3 is 1.82 bits per heavy atom. The quantitative estimate of drug-likeness (QED) is 0.0280. The van der Waals surface area contributed by atoms with E-state index in [1.807, 2.05) is 0 Å². The molecule has 0 fully saturated rings. The maximum atomic E-state index is 14.9. The molecular formula is C30H50N6O13S2. The fraction of sp³-hybridized carbons (Fsp3) is 0.700. The number of ketones is 4. The molecule has 0 aliphatic carbocycles. The number of nitrogens with two attached hydrogens (primary N) is 5. The second-order valence-electron chi connectivity index (χ2n) is 12.2. The van der Waals surface area contributed by atoms with E-state index < -0.39 is 137 Å². The molecular weight excluding hydrogens is 716 g/mol. The minimum Gasteiger partial charge on any atom is -0.481 e. The number of carboxylic acids is 3. The number of unbranched alkanes of at least 4 members (excludes halogenated alkanes) is 1. The van der Waals surface area contributed by atoms with Gasteiger partial charge in [0.25, 0.3) is 0 Å². The van der Waals surface area contributed by atoms with Crippen LogP contribution in [0.15, 0.2) is 0 Å². The summed E-state index contributed by atoms with van der Waals surface area (Å²) in [5.74, 6) is -15.1. The van der Waals surface area contributed by atoms with Gasteiger partial charge in [-0.3, -0.25) is 33.6 Å². The molecule has 19 nitrogen and oxygen atoms in total. The second-order valence-corrected chi connectivity index (χ2v) is 13.5. The third kappa shape index (κ3) is 9.90. The summed E-state index contributed by atoms with van der Waals surface area (Å²) in [4.78, 5) is 124. The molecule has 0 bridgehead atoms. The standard InChI is InChI=1S/C30H50N6O13S2/c1-5-6-10-49-27(48)36(25(45)16(33)7-8-20(38)39)30(26(46)47,24(44)18(35)14-50)29(19(37)13-31,23(43)17(34)12-21(40)41)28(2,3)22(42)15(32)9-11-51-4/h15-18,50H,5-14,31-35H2,1-4H3,(H,38,39)(H,40,41)(H,46,47). The average Bonchev–Trinajstić information content (AvgIpc) is 3.06. The summed E-state index contributed by atoms with van der Waals surface area (Å²) in [6.07, 6.45) is -2.92. The Hall–Kier alpha value is -3.47. The number of ether oxygens (including phenoxy) is 1. The Morgan fingerprint density at radius 1 is 0.824 bits per heavy atom. The number of amides is 2. The molecule has 0 rings (SSSR count). The molecule has 0 saturated carbocycles. The van der Waals surface area contributed by atoms with E-state index in [9.17, 15) is 58.5 Å². The largest absolute Gasteiger partial charge is 0.481 e. The van der Waals surface area contributed by atoms with Gasteiger partial charge < -0.3 is 48.7 Å². The summed E-state index contributed by atoms with van der Waals surface area (Å²) >= 11 is 5.18. The van der Waals surface area contributed by atoms with Gasteiger partial charge in [-0.05, 0) is 31.3 Å². The van der Waals surface area contributed by atoms with Crippen LogP contribution in [0.25, 0.3) is 0 Å². The number of hydrogen-bond acceptors (Lipinski definition) is 17. The first-order valence-electron chi connectivity index (χ1n) is 15.7. The third-order valence-corrected chi connectivity index (χ3v) is 9.46. The highest BCUT2D eigenvalue weighted by molar-refractivity contribution is 7.98. The molecule has 13 N–H and O–H groups in total. The van der Waals surface area contributed by atoms with Crippen molar-refractivity contribution in [2.75, 3.05) is 30.9 Å². The van der Waals surface area contributed by atoms with Crippen molar-refractivity contribution < 1.29 is 63.2 Å². The lowest BCUT2D eigenvalue weighted by Crippen LogP contribution is -2.84. The minimum absolute atomic E-state index is 0.104. The van der Waals surface area contributed by atoms with E-state index in [1.165, 1.54) is 11.8 Å². The molecule has 290 valence electrons. The number of carboxylic acid groups (broad SMARTS) is 3. The molecule has 21 heteroatoms. The zero-order valence-corrected chi connectivity index (χ0v) is 30.7. The van der Waals surface area contributed by atoms with Crippen molar-refractivity contribution in [1.29, 1.82) is 0 Å². The van der Waals surface area contributed by atoms with Crippen molar-refractivity contribution >= 4 is 77.4 Å². The van der Waals surface area contributed by atoms with Gasteiger partial charge in [-0.15, -0.1) is 0 Å². The SMILES string of the molecule is CCCCOC(=O)N(C(=O)C(N)CCC(=O)O)C(C(=O)O)(C(=O)C(N)CS)C(C(=O)CN)(C(=O)C(N)CC(=O)O)C(C)(C)C(=O)C(N)CCSC. The van der Waals surface area contributed by atoms with Crippen molar-refractivity contribution in [3.05, 3.63) is 0 Å². The van der Waals surface area contributed by atoms with Gasteiger partial charge in [0.1, 0.15) is 5.41 Å². The first kappa shape index (κ1) is 47.5. The Balaban J connectivity index is 9.24. The summed E-state index contributed by atoms with van der Waals surface area (Å²) < 4.78 is 5.18. The number of carbonyl (C=O) groups is 9. The first-order valence-corrected chi connectivity index (χ1v) is 17.8. The molecule has 6 unspecified atom stereocenters. The van der Waals surface area contributed by atoms with E-state index in [-0.39, 0.29) is 18.6 Å². The van der Waals surface area contributed by atoms with Crippen LogP contribution in [0.3, 0.4) is 0 Å². The Kier molecular flexibility index (Phi) is 19.1. The molecule has 0 aromatic carbocycles. The van der Waals surface area contributed by atoms with Crippen molar-refractivity contribution in [3.63, 3.8) is 0 Å². The van der Waals surface area contributed by atoms with Crippen LogP contribution in [0.4, 0.5) is 4.79 Å². The van der Waals surface area contributed by atoms with Crippen LogP contribution in [0.2, 0.25) is 0 Å². The lowest BCUT2D eigenvalue weighted by molar-refractivity contribution is -0.191. The van der Waals surface area contributed by atoms with Crippen LogP contribution < -0.4 is 28.7 Å². The molecule has 0 aliphatic heterocycles. The van der Waals surface area contributed by atoms with E-state index in [4.69, 9.17) is 33.4 Å². The number of thioether (sulfide) groups is 1. The van der Waals surface area contributed by atoms with Crippen LogP contribution in [0.1, 0.15) is 59.3 Å². The molecule has 0 aliphatic rings. The molecule has 0 aromatic heterocycles. The molecule has 2 amide bonds. The Bertz CT molecular complexity index is 1350. The predicted molar refractivity (Wildman–Crippen MR) is 187 cm³/mol. The van der Waals surface area contributed by atoms with Crippen LogP contribution in [0, 0.1) is 10.8 Å². The van der Waals surface area contributed by atoms with Gasteiger partial charge in [0.05, 0.1) is 43.7 Å². The van der Waals surface area contributed by atoms with Gasteiger partial charge in [0, 0.05) is 17.6 Å². The zero-order valence-electron chi connectivity index (χ0n) is 29.0. The number of imide groups is 1. The smallest absolute Gasteiger partial charge is 0.418 e. The normalized spacial score (nSPS) is 16.3.